The fourth-order valence-electron chi connectivity index (χ4n) is 1.67. The second-order valence-electron chi connectivity index (χ2n) is 4.27. The van der Waals surface area contributed by atoms with E-state index >= 15 is 0 Å². The number of aryl methyl sites for hydroxylation is 2. The summed E-state index contributed by atoms with van der Waals surface area (Å²) in [4.78, 5) is 17.8. The number of rotatable bonds is 2. The minimum Gasteiger partial charge on any atom is -0.321 e. The Bertz CT molecular complexity index is 695. The molecule has 0 aliphatic rings. The van der Waals surface area contributed by atoms with Crippen molar-refractivity contribution in [3.63, 3.8) is 0 Å². The molecule has 20 heavy (non-hydrogen) atoms. The standard InChI is InChI=1S/C15H15N3OS/c1-10-8-14(20-13(10)4-3-6-16)15(19)18-12-5-7-17-11(2)9-12/h5,7-9H,6,16H2,1-2H3,(H,17,18,19). The summed E-state index contributed by atoms with van der Waals surface area (Å²) in [5.74, 6) is 5.64. The fourth-order valence-corrected chi connectivity index (χ4v) is 2.61. The van der Waals surface area contributed by atoms with Crippen molar-refractivity contribution < 1.29 is 4.79 Å². The topological polar surface area (TPSA) is 68.0 Å². The number of thiophene rings is 1. The number of nitrogens with two attached hydrogens (primary N) is 1. The number of hydrogen-bond acceptors (Lipinski definition) is 4. The van der Waals surface area contributed by atoms with Gasteiger partial charge >= 0.3 is 0 Å². The second-order valence-corrected chi connectivity index (χ2v) is 5.32. The van der Waals surface area contributed by atoms with Crippen LogP contribution in [0.4, 0.5) is 5.69 Å². The van der Waals surface area contributed by atoms with Crippen LogP contribution in [0.1, 0.15) is 25.8 Å². The summed E-state index contributed by atoms with van der Waals surface area (Å²) in [5.41, 5.74) is 7.95. The zero-order chi connectivity index (χ0) is 14.5. The first-order valence-corrected chi connectivity index (χ1v) is 6.95. The van der Waals surface area contributed by atoms with Crippen LogP contribution in [-0.4, -0.2) is 17.4 Å². The summed E-state index contributed by atoms with van der Waals surface area (Å²) < 4.78 is 0. The maximum absolute atomic E-state index is 12.2. The molecule has 0 atom stereocenters. The number of nitrogens with zero attached hydrogens (tertiary/aromatic N) is 1. The highest BCUT2D eigenvalue weighted by molar-refractivity contribution is 7.14. The van der Waals surface area contributed by atoms with Crippen LogP contribution >= 0.6 is 11.3 Å². The molecule has 0 fully saturated rings. The van der Waals surface area contributed by atoms with Crippen molar-refractivity contribution in [3.8, 4) is 11.8 Å². The average Bonchev–Trinajstić information content (AvgIpc) is 2.78. The van der Waals surface area contributed by atoms with Crippen molar-refractivity contribution in [1.82, 2.24) is 4.98 Å². The predicted molar refractivity (Wildman–Crippen MR) is 81.9 cm³/mol. The summed E-state index contributed by atoms with van der Waals surface area (Å²) in [6.45, 7) is 4.13. The summed E-state index contributed by atoms with van der Waals surface area (Å²) in [6.07, 6.45) is 1.67. The van der Waals surface area contributed by atoms with Crippen LogP contribution in [0.5, 0.6) is 0 Å². The van der Waals surface area contributed by atoms with E-state index in [1.165, 1.54) is 11.3 Å². The number of carbonyl (C=O) groups excluding carboxylic acids is 1. The lowest BCUT2D eigenvalue weighted by Gasteiger charge is -2.03. The molecule has 1 amide bonds. The normalized spacial score (nSPS) is 9.75. The molecule has 5 heteroatoms. The Hall–Kier alpha value is -2.16. The average molecular weight is 285 g/mol. The van der Waals surface area contributed by atoms with Crippen LogP contribution in [0, 0.1) is 25.7 Å². The van der Waals surface area contributed by atoms with E-state index in [2.05, 4.69) is 22.1 Å². The minimum absolute atomic E-state index is 0.135. The summed E-state index contributed by atoms with van der Waals surface area (Å²) in [7, 11) is 0. The van der Waals surface area contributed by atoms with Gasteiger partial charge in [0.2, 0.25) is 0 Å². The number of hydrogen-bond donors (Lipinski definition) is 2. The first-order valence-electron chi connectivity index (χ1n) is 6.13. The third-order valence-electron chi connectivity index (χ3n) is 2.60. The van der Waals surface area contributed by atoms with E-state index in [0.717, 1.165) is 21.8 Å². The number of carbonyl (C=O) groups is 1. The van der Waals surface area contributed by atoms with Gasteiger partial charge in [-0.15, -0.1) is 11.3 Å². The highest BCUT2D eigenvalue weighted by atomic mass is 32.1. The largest absolute Gasteiger partial charge is 0.321 e. The van der Waals surface area contributed by atoms with E-state index in [-0.39, 0.29) is 5.91 Å². The molecule has 2 aromatic heterocycles. The highest BCUT2D eigenvalue weighted by Gasteiger charge is 2.11. The number of amides is 1. The third kappa shape index (κ3) is 3.44. The molecule has 4 nitrogen and oxygen atoms in total. The van der Waals surface area contributed by atoms with Gasteiger partial charge in [0.05, 0.1) is 16.3 Å². The Balaban J connectivity index is 2.17. The van der Waals surface area contributed by atoms with E-state index < -0.39 is 0 Å². The van der Waals surface area contributed by atoms with E-state index in [9.17, 15) is 4.79 Å². The lowest BCUT2D eigenvalue weighted by molar-refractivity contribution is 0.103. The molecule has 0 saturated carbocycles. The molecule has 2 aromatic rings. The third-order valence-corrected chi connectivity index (χ3v) is 3.75. The molecule has 2 rings (SSSR count). The Labute approximate surface area is 122 Å². The van der Waals surface area contributed by atoms with Crippen LogP contribution < -0.4 is 11.1 Å². The first kappa shape index (κ1) is 14.3. The van der Waals surface area contributed by atoms with Crippen LogP contribution in [0.2, 0.25) is 0 Å². The zero-order valence-electron chi connectivity index (χ0n) is 11.4. The smallest absolute Gasteiger partial charge is 0.265 e. The maximum atomic E-state index is 12.2. The number of anilines is 1. The molecule has 2 heterocycles. The van der Waals surface area contributed by atoms with Crippen LogP contribution in [0.25, 0.3) is 0 Å². The molecule has 0 spiro atoms. The van der Waals surface area contributed by atoms with Gasteiger partial charge in [-0.25, -0.2) is 0 Å². The minimum atomic E-state index is -0.135. The Morgan fingerprint density at radius 2 is 2.25 bits per heavy atom. The van der Waals surface area contributed by atoms with Crippen molar-refractivity contribution >= 4 is 22.9 Å². The van der Waals surface area contributed by atoms with Gasteiger partial charge in [-0.2, -0.15) is 0 Å². The first-order chi connectivity index (χ1) is 9.60. The van der Waals surface area contributed by atoms with Gasteiger partial charge in [0.1, 0.15) is 0 Å². The highest BCUT2D eigenvalue weighted by Crippen LogP contribution is 2.22. The van der Waals surface area contributed by atoms with Crippen LogP contribution in [0.3, 0.4) is 0 Å². The van der Waals surface area contributed by atoms with E-state index in [1.54, 1.807) is 12.3 Å². The molecular formula is C15H15N3OS. The van der Waals surface area contributed by atoms with Gasteiger partial charge in [0, 0.05) is 17.6 Å². The number of nitrogens with one attached hydrogen (secondary N) is 1. The lowest BCUT2D eigenvalue weighted by Crippen LogP contribution is -2.10. The Morgan fingerprint density at radius 1 is 1.45 bits per heavy atom. The lowest BCUT2D eigenvalue weighted by atomic mass is 10.2. The zero-order valence-corrected chi connectivity index (χ0v) is 12.2. The summed E-state index contributed by atoms with van der Waals surface area (Å²) in [6, 6.07) is 5.43. The predicted octanol–water partition coefficient (Wildman–Crippen LogP) is 2.32. The molecule has 0 aliphatic heterocycles. The van der Waals surface area contributed by atoms with Gasteiger partial charge in [0.25, 0.3) is 5.91 Å². The Morgan fingerprint density at radius 3 is 2.95 bits per heavy atom. The van der Waals surface area contributed by atoms with E-state index in [1.807, 2.05) is 26.0 Å². The SMILES string of the molecule is Cc1cc(NC(=O)c2cc(C)c(C#CCN)s2)ccn1. The quantitative estimate of drug-likeness (QED) is 0.832. The molecule has 0 aliphatic carbocycles. The molecule has 0 saturated heterocycles. The monoisotopic (exact) mass is 285 g/mol. The maximum Gasteiger partial charge on any atom is 0.265 e. The van der Waals surface area contributed by atoms with Crippen molar-refractivity contribution in [2.45, 2.75) is 13.8 Å². The molecule has 0 bridgehead atoms. The molecule has 0 unspecified atom stereocenters. The van der Waals surface area contributed by atoms with Gasteiger partial charge < -0.3 is 11.1 Å². The van der Waals surface area contributed by atoms with Crippen molar-refractivity contribution in [2.24, 2.45) is 5.73 Å². The van der Waals surface area contributed by atoms with Gasteiger partial charge in [-0.1, -0.05) is 11.8 Å². The van der Waals surface area contributed by atoms with Gasteiger partial charge in [-0.05, 0) is 37.6 Å². The van der Waals surface area contributed by atoms with Crippen molar-refractivity contribution in [2.75, 3.05) is 11.9 Å². The van der Waals surface area contributed by atoms with E-state index in [4.69, 9.17) is 5.73 Å². The van der Waals surface area contributed by atoms with Gasteiger partial charge in [0.15, 0.2) is 0 Å². The number of aromatic nitrogens is 1. The molecule has 102 valence electrons. The molecule has 0 aromatic carbocycles. The van der Waals surface area contributed by atoms with Crippen molar-refractivity contribution in [3.05, 3.63) is 45.4 Å². The molecular weight excluding hydrogens is 270 g/mol. The molecule has 3 N–H and O–H groups in total. The second kappa shape index (κ2) is 6.33. The van der Waals surface area contributed by atoms with Crippen LogP contribution in [-0.2, 0) is 0 Å². The van der Waals surface area contributed by atoms with Crippen LogP contribution in [0.15, 0.2) is 24.4 Å². The van der Waals surface area contributed by atoms with E-state index in [0.29, 0.717) is 11.4 Å². The van der Waals surface area contributed by atoms with Crippen molar-refractivity contribution in [1.29, 1.82) is 0 Å². The number of pyridine rings is 1. The Kier molecular flexibility index (Phi) is 4.51. The summed E-state index contributed by atoms with van der Waals surface area (Å²) >= 11 is 1.37. The fraction of sp³-hybridized carbons (Fsp3) is 0.200. The van der Waals surface area contributed by atoms with Gasteiger partial charge in [-0.3, -0.25) is 9.78 Å². The molecule has 0 radical (unpaired) electrons. The summed E-state index contributed by atoms with van der Waals surface area (Å²) in [5, 5.41) is 2.85.